The number of phenols is 1. The Labute approximate surface area is 104 Å². The van der Waals surface area contributed by atoms with Gasteiger partial charge in [0.05, 0.1) is 19.1 Å². The molecule has 1 aromatic carbocycles. The van der Waals surface area contributed by atoms with Gasteiger partial charge in [0.25, 0.3) is 0 Å². The number of carbonyl (C=O) groups excluding carboxylic acids is 1. The van der Waals surface area contributed by atoms with E-state index in [2.05, 4.69) is 0 Å². The molecule has 0 bridgehead atoms. The van der Waals surface area contributed by atoms with E-state index in [0.717, 1.165) is 0 Å². The van der Waals surface area contributed by atoms with Crippen LogP contribution in [-0.4, -0.2) is 23.8 Å². The molecule has 0 aromatic heterocycles. The first-order valence-corrected chi connectivity index (χ1v) is 5.82. The highest BCUT2D eigenvalue weighted by molar-refractivity contribution is 5.72. The lowest BCUT2D eigenvalue weighted by Gasteiger charge is -2.12. The van der Waals surface area contributed by atoms with E-state index < -0.39 is 17.2 Å². The monoisotopic (exact) mass is 254 g/mol. The average molecular weight is 254 g/mol. The number of halogens is 1. The van der Waals surface area contributed by atoms with E-state index in [-0.39, 0.29) is 18.5 Å². The first kappa shape index (κ1) is 12.8. The summed E-state index contributed by atoms with van der Waals surface area (Å²) in [6, 6.07) is 4.01. The molecule has 18 heavy (non-hydrogen) atoms. The van der Waals surface area contributed by atoms with Crippen molar-refractivity contribution in [3.63, 3.8) is 0 Å². The molecule has 1 saturated heterocycles. The van der Waals surface area contributed by atoms with Crippen LogP contribution in [0.1, 0.15) is 25.8 Å². The summed E-state index contributed by atoms with van der Waals surface area (Å²) in [6.07, 6.45) is -0.127. The molecular formula is C13H15FO4. The lowest BCUT2D eigenvalue weighted by Crippen LogP contribution is -2.19. The van der Waals surface area contributed by atoms with Crippen LogP contribution in [0.5, 0.6) is 5.75 Å². The second-order valence-corrected chi connectivity index (χ2v) is 4.30. The Balaban J connectivity index is 2.22. The fourth-order valence-corrected chi connectivity index (χ4v) is 2.07. The Bertz CT molecular complexity index is 474. The number of esters is 1. The van der Waals surface area contributed by atoms with Gasteiger partial charge in [-0.1, -0.05) is 6.07 Å². The van der Waals surface area contributed by atoms with Gasteiger partial charge in [0.1, 0.15) is 5.60 Å². The molecule has 1 aliphatic heterocycles. The summed E-state index contributed by atoms with van der Waals surface area (Å²) in [5.41, 5.74) is -0.279. The van der Waals surface area contributed by atoms with E-state index in [9.17, 15) is 9.18 Å². The standard InChI is InChI=1S/C13H15FO4/c1-3-17-12(16)7-13(8(2)18-13)9-4-5-11(15)10(14)6-9/h4-6,8,15H,3,7H2,1-2H3. The minimum atomic E-state index is -0.819. The van der Waals surface area contributed by atoms with Crippen LogP contribution >= 0.6 is 0 Å². The van der Waals surface area contributed by atoms with Gasteiger partial charge in [0.15, 0.2) is 11.6 Å². The predicted molar refractivity (Wildman–Crippen MR) is 61.5 cm³/mol. The second kappa shape index (κ2) is 4.57. The first-order chi connectivity index (χ1) is 8.49. The molecule has 0 aliphatic carbocycles. The van der Waals surface area contributed by atoms with Crippen molar-refractivity contribution in [1.82, 2.24) is 0 Å². The van der Waals surface area contributed by atoms with Crippen molar-refractivity contribution in [2.24, 2.45) is 0 Å². The van der Waals surface area contributed by atoms with Crippen LogP contribution in [0.25, 0.3) is 0 Å². The fourth-order valence-electron chi connectivity index (χ4n) is 2.07. The predicted octanol–water partition coefficient (Wildman–Crippen LogP) is 2.10. The van der Waals surface area contributed by atoms with Gasteiger partial charge in [-0.15, -0.1) is 0 Å². The number of carbonyl (C=O) groups is 1. The van der Waals surface area contributed by atoms with Gasteiger partial charge in [-0.3, -0.25) is 4.79 Å². The molecule has 98 valence electrons. The van der Waals surface area contributed by atoms with Crippen LogP contribution in [0.15, 0.2) is 18.2 Å². The van der Waals surface area contributed by atoms with Gasteiger partial charge >= 0.3 is 5.97 Å². The molecule has 1 fully saturated rings. The summed E-state index contributed by atoms with van der Waals surface area (Å²) in [6.45, 7) is 3.83. The number of epoxide rings is 1. The number of rotatable bonds is 4. The van der Waals surface area contributed by atoms with Crippen molar-refractivity contribution < 1.29 is 23.8 Å². The molecule has 2 atom stereocenters. The Morgan fingerprint density at radius 1 is 1.61 bits per heavy atom. The molecule has 1 aliphatic rings. The van der Waals surface area contributed by atoms with Crippen LogP contribution in [0, 0.1) is 5.82 Å². The van der Waals surface area contributed by atoms with Gasteiger partial charge < -0.3 is 14.6 Å². The molecule has 4 nitrogen and oxygen atoms in total. The summed E-state index contributed by atoms with van der Waals surface area (Å²) in [5.74, 6) is -1.52. The number of benzene rings is 1. The zero-order chi connectivity index (χ0) is 13.3. The third-order valence-corrected chi connectivity index (χ3v) is 3.14. The maximum atomic E-state index is 13.3. The van der Waals surface area contributed by atoms with Gasteiger partial charge in [0.2, 0.25) is 0 Å². The van der Waals surface area contributed by atoms with E-state index >= 15 is 0 Å². The molecule has 1 aromatic rings. The summed E-state index contributed by atoms with van der Waals surface area (Å²) < 4.78 is 23.7. The van der Waals surface area contributed by atoms with Crippen molar-refractivity contribution in [2.45, 2.75) is 32.0 Å². The van der Waals surface area contributed by atoms with E-state index in [4.69, 9.17) is 14.6 Å². The van der Waals surface area contributed by atoms with Crippen molar-refractivity contribution >= 4 is 5.97 Å². The first-order valence-electron chi connectivity index (χ1n) is 5.82. The van der Waals surface area contributed by atoms with E-state index in [1.165, 1.54) is 12.1 Å². The summed E-state index contributed by atoms with van der Waals surface area (Å²) in [4.78, 5) is 11.5. The van der Waals surface area contributed by atoms with Crippen LogP contribution in [-0.2, 0) is 19.9 Å². The molecule has 1 N–H and O–H groups in total. The van der Waals surface area contributed by atoms with Gasteiger partial charge in [-0.05, 0) is 31.5 Å². The van der Waals surface area contributed by atoms with Crippen LogP contribution in [0.4, 0.5) is 4.39 Å². The molecule has 0 spiro atoms. The molecule has 2 unspecified atom stereocenters. The van der Waals surface area contributed by atoms with Gasteiger partial charge in [-0.2, -0.15) is 0 Å². The summed E-state index contributed by atoms with van der Waals surface area (Å²) in [5, 5.41) is 9.15. The highest BCUT2D eigenvalue weighted by atomic mass is 19.1. The largest absolute Gasteiger partial charge is 0.505 e. The highest BCUT2D eigenvalue weighted by Crippen LogP contribution is 2.49. The van der Waals surface area contributed by atoms with Crippen molar-refractivity contribution in [2.75, 3.05) is 6.61 Å². The highest BCUT2D eigenvalue weighted by Gasteiger charge is 2.56. The smallest absolute Gasteiger partial charge is 0.309 e. The number of ether oxygens (including phenoxy) is 2. The topological polar surface area (TPSA) is 59.1 Å². The second-order valence-electron chi connectivity index (χ2n) is 4.30. The maximum Gasteiger partial charge on any atom is 0.309 e. The zero-order valence-electron chi connectivity index (χ0n) is 10.3. The Morgan fingerprint density at radius 2 is 2.28 bits per heavy atom. The van der Waals surface area contributed by atoms with Crippen LogP contribution in [0.3, 0.4) is 0 Å². The number of hydrogen-bond acceptors (Lipinski definition) is 4. The fraction of sp³-hybridized carbons (Fsp3) is 0.462. The average Bonchev–Trinajstić information content (AvgIpc) is 2.94. The maximum absolute atomic E-state index is 13.3. The lowest BCUT2D eigenvalue weighted by molar-refractivity contribution is -0.144. The lowest BCUT2D eigenvalue weighted by atomic mass is 9.92. The minimum Gasteiger partial charge on any atom is -0.505 e. The molecular weight excluding hydrogens is 239 g/mol. The van der Waals surface area contributed by atoms with Crippen molar-refractivity contribution in [1.29, 1.82) is 0 Å². The summed E-state index contributed by atoms with van der Waals surface area (Å²) in [7, 11) is 0. The molecule has 0 amide bonds. The van der Waals surface area contributed by atoms with Crippen LogP contribution in [0.2, 0.25) is 0 Å². The number of phenolic OH excluding ortho intramolecular Hbond substituents is 1. The van der Waals surface area contributed by atoms with Crippen molar-refractivity contribution in [3.05, 3.63) is 29.6 Å². The van der Waals surface area contributed by atoms with E-state index in [0.29, 0.717) is 12.2 Å². The Morgan fingerprint density at radius 3 is 2.78 bits per heavy atom. The number of aromatic hydroxyl groups is 1. The molecule has 5 heteroatoms. The Kier molecular flexibility index (Phi) is 3.26. The summed E-state index contributed by atoms with van der Waals surface area (Å²) >= 11 is 0. The normalized spacial score (nSPS) is 25.8. The van der Waals surface area contributed by atoms with Crippen molar-refractivity contribution in [3.8, 4) is 5.75 Å². The van der Waals surface area contributed by atoms with E-state index in [1.807, 2.05) is 6.92 Å². The minimum absolute atomic E-state index is 0.0478. The van der Waals surface area contributed by atoms with Gasteiger partial charge in [-0.25, -0.2) is 4.39 Å². The van der Waals surface area contributed by atoms with Gasteiger partial charge in [0, 0.05) is 0 Å². The molecule has 1 heterocycles. The third kappa shape index (κ3) is 2.18. The number of hydrogen-bond donors (Lipinski definition) is 1. The Hall–Kier alpha value is -1.62. The van der Waals surface area contributed by atoms with E-state index in [1.54, 1.807) is 13.0 Å². The quantitative estimate of drug-likeness (QED) is 0.660. The zero-order valence-corrected chi connectivity index (χ0v) is 10.3. The third-order valence-electron chi connectivity index (χ3n) is 3.14. The molecule has 2 rings (SSSR count). The molecule has 0 saturated carbocycles. The molecule has 0 radical (unpaired) electrons. The van der Waals surface area contributed by atoms with Crippen LogP contribution < -0.4 is 0 Å². The SMILES string of the molecule is CCOC(=O)CC1(c2ccc(O)c(F)c2)OC1C.